The Morgan fingerprint density at radius 1 is 1.62 bits per heavy atom. The van der Waals surface area contributed by atoms with Crippen molar-refractivity contribution in [3.8, 4) is 5.75 Å². The summed E-state index contributed by atoms with van der Waals surface area (Å²) >= 11 is 0. The van der Waals surface area contributed by atoms with Crippen molar-refractivity contribution in [1.82, 2.24) is 9.78 Å². The van der Waals surface area contributed by atoms with Crippen LogP contribution in [0, 0.1) is 0 Å². The molecule has 0 radical (unpaired) electrons. The average molecular weight is 182 g/mol. The van der Waals surface area contributed by atoms with Crippen molar-refractivity contribution >= 4 is 0 Å². The zero-order valence-electron chi connectivity index (χ0n) is 7.52. The van der Waals surface area contributed by atoms with Crippen molar-refractivity contribution in [2.75, 3.05) is 6.61 Å². The van der Waals surface area contributed by atoms with Gasteiger partial charge in [0.25, 0.3) is 0 Å². The highest BCUT2D eigenvalue weighted by Crippen LogP contribution is 2.15. The number of ether oxygens (including phenoxy) is 1. The smallest absolute Gasteiger partial charge is 0.153 e. The van der Waals surface area contributed by atoms with Gasteiger partial charge >= 0.3 is 0 Å². The summed E-state index contributed by atoms with van der Waals surface area (Å²) in [5.74, 6) is 0.218. The molecule has 2 heterocycles. The monoisotopic (exact) mass is 182 g/mol. The highest BCUT2D eigenvalue weighted by molar-refractivity contribution is 5.08. The average Bonchev–Trinajstić information content (AvgIpc) is 2.53. The SMILES string of the molecule is Oc1cnn(CC2CCCCO2)c1. The fourth-order valence-electron chi connectivity index (χ4n) is 1.61. The molecule has 1 aliphatic rings. The van der Waals surface area contributed by atoms with Crippen LogP contribution < -0.4 is 0 Å². The quantitative estimate of drug-likeness (QED) is 0.746. The van der Waals surface area contributed by atoms with Gasteiger partial charge in [-0.1, -0.05) is 0 Å². The molecule has 2 rings (SSSR count). The normalized spacial score (nSPS) is 23.2. The Morgan fingerprint density at radius 2 is 2.54 bits per heavy atom. The first-order chi connectivity index (χ1) is 6.34. The van der Waals surface area contributed by atoms with Gasteiger partial charge in [-0.25, -0.2) is 0 Å². The van der Waals surface area contributed by atoms with Crippen LogP contribution in [-0.4, -0.2) is 27.6 Å². The Labute approximate surface area is 77.1 Å². The van der Waals surface area contributed by atoms with Gasteiger partial charge in [-0.3, -0.25) is 4.68 Å². The lowest BCUT2D eigenvalue weighted by molar-refractivity contribution is 0.00397. The Bertz CT molecular complexity index is 266. The minimum atomic E-state index is 0.218. The molecule has 1 N–H and O–H groups in total. The summed E-state index contributed by atoms with van der Waals surface area (Å²) in [6.45, 7) is 1.61. The van der Waals surface area contributed by atoms with Gasteiger partial charge in [0.1, 0.15) is 0 Å². The zero-order valence-corrected chi connectivity index (χ0v) is 7.52. The molecule has 4 heteroatoms. The summed E-state index contributed by atoms with van der Waals surface area (Å²) in [5, 5.41) is 13.1. The van der Waals surface area contributed by atoms with Crippen molar-refractivity contribution in [2.45, 2.75) is 31.9 Å². The minimum Gasteiger partial charge on any atom is -0.505 e. The molecule has 0 aromatic carbocycles. The highest BCUT2D eigenvalue weighted by atomic mass is 16.5. The molecule has 0 aliphatic carbocycles. The Kier molecular flexibility index (Phi) is 2.49. The van der Waals surface area contributed by atoms with Gasteiger partial charge in [-0.15, -0.1) is 0 Å². The summed E-state index contributed by atoms with van der Waals surface area (Å²) < 4.78 is 7.28. The van der Waals surface area contributed by atoms with Crippen molar-refractivity contribution in [3.63, 3.8) is 0 Å². The van der Waals surface area contributed by atoms with Crippen molar-refractivity contribution in [2.24, 2.45) is 0 Å². The van der Waals surface area contributed by atoms with E-state index in [1.807, 2.05) is 0 Å². The third-order valence-corrected chi connectivity index (χ3v) is 2.28. The summed E-state index contributed by atoms with van der Waals surface area (Å²) in [5.41, 5.74) is 0. The van der Waals surface area contributed by atoms with Crippen molar-refractivity contribution in [3.05, 3.63) is 12.4 Å². The van der Waals surface area contributed by atoms with E-state index in [0.29, 0.717) is 0 Å². The second kappa shape index (κ2) is 3.79. The van der Waals surface area contributed by atoms with Crippen LogP contribution in [0.1, 0.15) is 19.3 Å². The van der Waals surface area contributed by atoms with Crippen LogP contribution in [0.3, 0.4) is 0 Å². The molecule has 1 unspecified atom stereocenters. The molecule has 72 valence electrons. The van der Waals surface area contributed by atoms with Gasteiger partial charge in [0.15, 0.2) is 5.75 Å². The van der Waals surface area contributed by atoms with E-state index in [-0.39, 0.29) is 11.9 Å². The topological polar surface area (TPSA) is 47.3 Å². The van der Waals surface area contributed by atoms with E-state index >= 15 is 0 Å². The molecule has 1 aromatic heterocycles. The molecular formula is C9H14N2O2. The molecule has 1 fully saturated rings. The maximum atomic E-state index is 9.06. The Hall–Kier alpha value is -1.03. The van der Waals surface area contributed by atoms with E-state index in [1.165, 1.54) is 19.0 Å². The van der Waals surface area contributed by atoms with E-state index in [4.69, 9.17) is 9.84 Å². The predicted octanol–water partition coefficient (Wildman–Crippen LogP) is 1.16. The minimum absolute atomic E-state index is 0.218. The van der Waals surface area contributed by atoms with Crippen LogP contribution in [0.2, 0.25) is 0 Å². The Balaban J connectivity index is 1.89. The molecule has 13 heavy (non-hydrogen) atoms. The van der Waals surface area contributed by atoms with Crippen LogP contribution in [0.5, 0.6) is 5.75 Å². The van der Waals surface area contributed by atoms with E-state index in [1.54, 1.807) is 10.9 Å². The largest absolute Gasteiger partial charge is 0.505 e. The number of hydrogen-bond acceptors (Lipinski definition) is 3. The molecule has 1 aromatic rings. The van der Waals surface area contributed by atoms with Gasteiger partial charge in [0.05, 0.1) is 25.0 Å². The predicted molar refractivity (Wildman–Crippen MR) is 47.5 cm³/mol. The van der Waals surface area contributed by atoms with Gasteiger partial charge in [-0.05, 0) is 19.3 Å². The van der Waals surface area contributed by atoms with E-state index in [9.17, 15) is 0 Å². The third kappa shape index (κ3) is 2.21. The molecular weight excluding hydrogens is 168 g/mol. The number of rotatable bonds is 2. The highest BCUT2D eigenvalue weighted by Gasteiger charge is 2.14. The van der Waals surface area contributed by atoms with Crippen LogP contribution in [0.25, 0.3) is 0 Å². The van der Waals surface area contributed by atoms with Crippen molar-refractivity contribution in [1.29, 1.82) is 0 Å². The second-order valence-corrected chi connectivity index (χ2v) is 3.41. The number of aromatic hydroxyl groups is 1. The first kappa shape index (κ1) is 8.56. The first-order valence-electron chi connectivity index (χ1n) is 4.67. The lowest BCUT2D eigenvalue weighted by atomic mass is 10.1. The van der Waals surface area contributed by atoms with Crippen LogP contribution >= 0.6 is 0 Å². The summed E-state index contributed by atoms with van der Waals surface area (Å²) in [7, 11) is 0. The Morgan fingerprint density at radius 3 is 3.15 bits per heavy atom. The maximum Gasteiger partial charge on any atom is 0.153 e. The molecule has 0 bridgehead atoms. The summed E-state index contributed by atoms with van der Waals surface area (Å²) in [4.78, 5) is 0. The molecule has 1 atom stereocenters. The fourth-order valence-corrected chi connectivity index (χ4v) is 1.61. The first-order valence-corrected chi connectivity index (χ1v) is 4.67. The molecule has 0 amide bonds. The summed E-state index contributed by atoms with van der Waals surface area (Å²) in [6, 6.07) is 0. The lowest BCUT2D eigenvalue weighted by Gasteiger charge is -2.22. The number of hydrogen-bond donors (Lipinski definition) is 1. The molecule has 1 aliphatic heterocycles. The van der Waals surface area contributed by atoms with E-state index in [0.717, 1.165) is 19.6 Å². The van der Waals surface area contributed by atoms with Crippen molar-refractivity contribution < 1.29 is 9.84 Å². The lowest BCUT2D eigenvalue weighted by Crippen LogP contribution is -2.24. The third-order valence-electron chi connectivity index (χ3n) is 2.28. The van der Waals surface area contributed by atoms with Gasteiger partial charge in [0.2, 0.25) is 0 Å². The van der Waals surface area contributed by atoms with Gasteiger partial charge < -0.3 is 9.84 Å². The number of nitrogens with zero attached hydrogens (tertiary/aromatic N) is 2. The van der Waals surface area contributed by atoms with Crippen LogP contribution in [0.4, 0.5) is 0 Å². The van der Waals surface area contributed by atoms with Gasteiger partial charge in [0, 0.05) is 6.61 Å². The van der Waals surface area contributed by atoms with Crippen LogP contribution in [-0.2, 0) is 11.3 Å². The molecule has 4 nitrogen and oxygen atoms in total. The molecule has 0 spiro atoms. The second-order valence-electron chi connectivity index (χ2n) is 3.41. The van der Waals surface area contributed by atoms with E-state index in [2.05, 4.69) is 5.10 Å². The molecule has 0 saturated carbocycles. The van der Waals surface area contributed by atoms with Gasteiger partial charge in [-0.2, -0.15) is 5.10 Å². The summed E-state index contributed by atoms with van der Waals surface area (Å²) in [6.07, 6.45) is 6.84. The fraction of sp³-hybridized carbons (Fsp3) is 0.667. The maximum absolute atomic E-state index is 9.06. The number of aromatic nitrogens is 2. The standard InChI is InChI=1S/C9H14N2O2/c12-8-5-10-11(6-8)7-9-3-1-2-4-13-9/h5-6,9,12H,1-4,7H2. The molecule has 1 saturated heterocycles. The zero-order chi connectivity index (χ0) is 9.10. The van der Waals surface area contributed by atoms with Crippen LogP contribution in [0.15, 0.2) is 12.4 Å². The van der Waals surface area contributed by atoms with E-state index < -0.39 is 0 Å².